The lowest BCUT2D eigenvalue weighted by molar-refractivity contribution is 0.0969. The first-order valence-corrected chi connectivity index (χ1v) is 10.3. The second-order valence-corrected chi connectivity index (χ2v) is 7.39. The molecule has 1 saturated heterocycles. The average molecular weight is 370 g/mol. The number of likely N-dealkylation sites (tertiary alicyclic amines) is 1. The number of rotatable bonds is 9. The molecule has 0 radical (unpaired) electrons. The highest BCUT2D eigenvalue weighted by Crippen LogP contribution is 2.16. The van der Waals surface area contributed by atoms with Crippen LogP contribution in [0, 0.1) is 0 Å². The molecular formula is C22H31N3O2. The fourth-order valence-electron chi connectivity index (χ4n) is 3.93. The van der Waals surface area contributed by atoms with E-state index in [-0.39, 0.29) is 11.2 Å². The Bertz CT molecular complexity index is 833. The second kappa shape index (κ2) is 9.29. The van der Waals surface area contributed by atoms with Crippen molar-refractivity contribution in [2.24, 2.45) is 0 Å². The van der Waals surface area contributed by atoms with Crippen molar-refractivity contribution in [1.82, 2.24) is 14.8 Å². The van der Waals surface area contributed by atoms with Crippen LogP contribution in [0.2, 0.25) is 0 Å². The number of carbonyl (C=O) groups excluding carboxylic acids is 1. The SMILES string of the molecule is CCN(CC)Cc1c(C(=O)CCCN2CCCC2)[nH]c2ccccc2c1=O. The van der Waals surface area contributed by atoms with E-state index in [1.165, 1.54) is 12.8 Å². The number of hydrogen-bond acceptors (Lipinski definition) is 4. The molecule has 0 saturated carbocycles. The minimum Gasteiger partial charge on any atom is -0.352 e. The minimum atomic E-state index is -0.0147. The molecule has 1 fully saturated rings. The molecule has 146 valence electrons. The summed E-state index contributed by atoms with van der Waals surface area (Å²) in [4.78, 5) is 34.0. The lowest BCUT2D eigenvalue weighted by atomic mass is 10.0. The fraction of sp³-hybridized carbons (Fsp3) is 0.545. The van der Waals surface area contributed by atoms with Gasteiger partial charge in [-0.25, -0.2) is 0 Å². The summed E-state index contributed by atoms with van der Waals surface area (Å²) < 4.78 is 0. The van der Waals surface area contributed by atoms with Crippen LogP contribution in [-0.2, 0) is 6.54 Å². The summed E-state index contributed by atoms with van der Waals surface area (Å²) in [5.41, 5.74) is 1.85. The van der Waals surface area contributed by atoms with Crippen molar-refractivity contribution < 1.29 is 4.79 Å². The maximum absolute atomic E-state index is 13.1. The second-order valence-electron chi connectivity index (χ2n) is 7.39. The molecule has 27 heavy (non-hydrogen) atoms. The zero-order valence-electron chi connectivity index (χ0n) is 16.6. The zero-order valence-corrected chi connectivity index (χ0v) is 16.6. The standard InChI is InChI=1S/C22H31N3O2/c1-3-24(4-2)16-18-21(20(26)12-9-15-25-13-7-8-14-25)23-19-11-6-5-10-17(19)22(18)27/h5-6,10-11H,3-4,7-9,12-16H2,1-2H3,(H,23,27). The molecule has 3 rings (SSSR count). The van der Waals surface area contributed by atoms with E-state index in [4.69, 9.17) is 0 Å². The molecule has 1 aliphatic rings. The third-order valence-electron chi connectivity index (χ3n) is 5.64. The lowest BCUT2D eigenvalue weighted by Crippen LogP contribution is -2.29. The number of hydrogen-bond donors (Lipinski definition) is 1. The van der Waals surface area contributed by atoms with Crippen LogP contribution in [-0.4, -0.2) is 53.3 Å². The molecule has 0 spiro atoms. The van der Waals surface area contributed by atoms with Gasteiger partial charge in [-0.2, -0.15) is 0 Å². The molecule has 5 heteroatoms. The topological polar surface area (TPSA) is 56.4 Å². The van der Waals surface area contributed by atoms with Crippen molar-refractivity contribution in [3.05, 3.63) is 45.7 Å². The fourth-order valence-corrected chi connectivity index (χ4v) is 3.93. The van der Waals surface area contributed by atoms with Gasteiger partial charge in [0.05, 0.1) is 5.69 Å². The molecule has 0 amide bonds. The Morgan fingerprint density at radius 2 is 1.85 bits per heavy atom. The van der Waals surface area contributed by atoms with Gasteiger partial charge in [0.2, 0.25) is 0 Å². The Labute approximate surface area is 161 Å². The zero-order chi connectivity index (χ0) is 19.2. The Balaban J connectivity index is 1.86. The summed E-state index contributed by atoms with van der Waals surface area (Å²) in [5, 5.41) is 0.660. The number of para-hydroxylation sites is 1. The number of nitrogens with zero attached hydrogens (tertiary/aromatic N) is 2. The minimum absolute atomic E-state index is 0.0147. The number of pyridine rings is 1. The third kappa shape index (κ3) is 4.66. The van der Waals surface area contributed by atoms with E-state index in [1.807, 2.05) is 24.3 Å². The maximum Gasteiger partial charge on any atom is 0.194 e. The van der Waals surface area contributed by atoms with Crippen LogP contribution in [0.1, 0.15) is 55.6 Å². The quantitative estimate of drug-likeness (QED) is 0.688. The van der Waals surface area contributed by atoms with Gasteiger partial charge in [0.1, 0.15) is 0 Å². The van der Waals surface area contributed by atoms with Gasteiger partial charge in [0, 0.05) is 29.4 Å². The predicted molar refractivity (Wildman–Crippen MR) is 110 cm³/mol. The molecule has 0 aliphatic carbocycles. The summed E-state index contributed by atoms with van der Waals surface area (Å²) in [6.07, 6.45) is 3.86. The van der Waals surface area contributed by atoms with Crippen molar-refractivity contribution in [2.75, 3.05) is 32.7 Å². The summed E-state index contributed by atoms with van der Waals surface area (Å²) in [6, 6.07) is 7.47. The van der Waals surface area contributed by atoms with Crippen molar-refractivity contribution >= 4 is 16.7 Å². The highest BCUT2D eigenvalue weighted by atomic mass is 16.1. The molecule has 0 bridgehead atoms. The number of aromatic amines is 1. The highest BCUT2D eigenvalue weighted by molar-refractivity contribution is 5.98. The molecule has 5 nitrogen and oxygen atoms in total. The summed E-state index contributed by atoms with van der Waals surface area (Å²) in [5.74, 6) is 0.0548. The molecule has 2 aromatic rings. The van der Waals surface area contributed by atoms with Crippen LogP contribution in [0.25, 0.3) is 10.9 Å². The number of Topliss-reactive ketones (excluding diaryl/α,β-unsaturated/α-hetero) is 1. The van der Waals surface area contributed by atoms with Crippen molar-refractivity contribution in [3.63, 3.8) is 0 Å². The number of carbonyl (C=O) groups is 1. The van der Waals surface area contributed by atoms with Crippen LogP contribution in [0.3, 0.4) is 0 Å². The predicted octanol–water partition coefficient (Wildman–Crippen LogP) is 3.43. The Hall–Kier alpha value is -1.98. The van der Waals surface area contributed by atoms with Gasteiger partial charge in [-0.3, -0.25) is 14.5 Å². The Kier molecular flexibility index (Phi) is 6.80. The summed E-state index contributed by atoms with van der Waals surface area (Å²) in [6.45, 7) is 9.64. The van der Waals surface area contributed by atoms with Crippen LogP contribution in [0.4, 0.5) is 0 Å². The molecule has 1 aromatic heterocycles. The first-order valence-electron chi connectivity index (χ1n) is 10.3. The van der Waals surface area contributed by atoms with E-state index in [1.54, 1.807) is 0 Å². The van der Waals surface area contributed by atoms with Crippen LogP contribution in [0.5, 0.6) is 0 Å². The normalized spacial score (nSPS) is 15.1. The lowest BCUT2D eigenvalue weighted by Gasteiger charge is -2.20. The number of nitrogens with one attached hydrogen (secondary N) is 1. The number of ketones is 1. The molecule has 1 aromatic carbocycles. The van der Waals surface area contributed by atoms with Gasteiger partial charge in [0.15, 0.2) is 11.2 Å². The monoisotopic (exact) mass is 369 g/mol. The Morgan fingerprint density at radius 1 is 1.15 bits per heavy atom. The van der Waals surface area contributed by atoms with Crippen LogP contribution < -0.4 is 5.43 Å². The number of aromatic nitrogens is 1. The van der Waals surface area contributed by atoms with Gasteiger partial charge < -0.3 is 9.88 Å². The van der Waals surface area contributed by atoms with E-state index < -0.39 is 0 Å². The van der Waals surface area contributed by atoms with Gasteiger partial charge in [-0.15, -0.1) is 0 Å². The molecule has 0 unspecified atom stereocenters. The van der Waals surface area contributed by atoms with E-state index in [0.717, 1.165) is 44.7 Å². The van der Waals surface area contributed by atoms with Gasteiger partial charge in [0.25, 0.3) is 0 Å². The van der Waals surface area contributed by atoms with Gasteiger partial charge in [-0.1, -0.05) is 26.0 Å². The van der Waals surface area contributed by atoms with Crippen molar-refractivity contribution in [1.29, 1.82) is 0 Å². The van der Waals surface area contributed by atoms with Crippen LogP contribution in [0.15, 0.2) is 29.1 Å². The van der Waals surface area contributed by atoms with E-state index in [0.29, 0.717) is 29.6 Å². The number of fused-ring (bicyclic) bond motifs is 1. The highest BCUT2D eigenvalue weighted by Gasteiger charge is 2.20. The van der Waals surface area contributed by atoms with Crippen LogP contribution >= 0.6 is 0 Å². The molecule has 0 atom stereocenters. The molecule has 1 aliphatic heterocycles. The van der Waals surface area contributed by atoms with E-state index in [2.05, 4.69) is 28.6 Å². The van der Waals surface area contributed by atoms with Crippen molar-refractivity contribution in [3.8, 4) is 0 Å². The smallest absolute Gasteiger partial charge is 0.194 e. The van der Waals surface area contributed by atoms with Gasteiger partial charge in [-0.05, 0) is 64.1 Å². The molecule has 1 N–H and O–H groups in total. The first kappa shape index (κ1) is 19.8. The number of benzene rings is 1. The summed E-state index contributed by atoms with van der Waals surface area (Å²) >= 11 is 0. The largest absolute Gasteiger partial charge is 0.352 e. The van der Waals surface area contributed by atoms with Crippen molar-refractivity contribution in [2.45, 2.75) is 46.1 Å². The first-order chi connectivity index (χ1) is 13.1. The third-order valence-corrected chi connectivity index (χ3v) is 5.64. The molecule has 2 heterocycles. The van der Waals surface area contributed by atoms with E-state index >= 15 is 0 Å². The average Bonchev–Trinajstić information content (AvgIpc) is 3.20. The van der Waals surface area contributed by atoms with Gasteiger partial charge >= 0.3 is 0 Å². The molecular weight excluding hydrogens is 338 g/mol. The maximum atomic E-state index is 13.1. The Morgan fingerprint density at radius 3 is 2.56 bits per heavy atom. The summed E-state index contributed by atoms with van der Waals surface area (Å²) in [7, 11) is 0. The number of H-pyrrole nitrogens is 1. The van der Waals surface area contributed by atoms with E-state index in [9.17, 15) is 9.59 Å².